The number of nitrogens with one attached hydrogen (secondary N) is 2. The number of rotatable bonds is 18. The van der Waals surface area contributed by atoms with Crippen molar-refractivity contribution in [2.45, 2.75) is 63.7 Å². The lowest BCUT2D eigenvalue weighted by Crippen LogP contribution is -2.33. The predicted molar refractivity (Wildman–Crippen MR) is 128 cm³/mol. The van der Waals surface area contributed by atoms with Crippen LogP contribution in [-0.2, 0) is 28.5 Å². The molecule has 0 saturated heterocycles. The Morgan fingerprint density at radius 1 is 0.844 bits per heavy atom. The van der Waals surface area contributed by atoms with Gasteiger partial charge in [0.1, 0.15) is 11.9 Å². The van der Waals surface area contributed by atoms with Crippen LogP contribution in [0.25, 0.3) is 0 Å². The summed E-state index contributed by atoms with van der Waals surface area (Å²) < 4.78 is 21.6. The summed E-state index contributed by atoms with van der Waals surface area (Å²) in [5.41, 5.74) is 0. The number of hydrogen-bond donors (Lipinski definition) is 2. The van der Waals surface area contributed by atoms with Gasteiger partial charge in [-0.25, -0.2) is 4.79 Å². The van der Waals surface area contributed by atoms with Crippen LogP contribution < -0.4 is 10.6 Å². The molecular weight excluding hydrogens is 436 g/mol. The molecule has 1 aliphatic carbocycles. The van der Waals surface area contributed by atoms with Crippen LogP contribution in [0.15, 0.2) is 0 Å². The van der Waals surface area contributed by atoms with E-state index in [1.165, 1.54) is 6.92 Å². The number of alkyl carbamates (subject to hydrolysis) is 1. The molecule has 1 aliphatic rings. The molecule has 2 amide bonds. The monoisotopic (exact) mass is 480 g/mol. The lowest BCUT2D eigenvalue weighted by Gasteiger charge is -2.27. The summed E-state index contributed by atoms with van der Waals surface area (Å²) in [6, 6.07) is 0. The Morgan fingerprint density at radius 2 is 1.41 bits per heavy atom. The summed E-state index contributed by atoms with van der Waals surface area (Å²) >= 11 is 1.99. The molecule has 2 N–H and O–H groups in total. The number of amides is 2. The topological polar surface area (TPSA) is 112 Å². The molecular formula is C22H44N2O7S. The Morgan fingerprint density at radius 3 is 1.97 bits per heavy atom. The highest BCUT2D eigenvalue weighted by Crippen LogP contribution is 2.29. The summed E-state index contributed by atoms with van der Waals surface area (Å²) in [5, 5.41) is 6.12. The number of ether oxygens (including phenoxy) is 4. The van der Waals surface area contributed by atoms with E-state index in [0.717, 1.165) is 31.4 Å². The molecule has 0 unspecified atom stereocenters. The average molecular weight is 481 g/mol. The molecule has 1 fully saturated rings. The molecule has 1 saturated carbocycles. The Bertz CT molecular complexity index is 539. The fourth-order valence-corrected chi connectivity index (χ4v) is 4.23. The molecule has 0 aromatic carbocycles. The van der Waals surface area contributed by atoms with Gasteiger partial charge in [0.25, 0.3) is 0 Å². The second kappa shape index (κ2) is 19.1. The van der Waals surface area contributed by atoms with E-state index in [9.17, 15) is 14.4 Å². The molecule has 0 bridgehead atoms. The van der Waals surface area contributed by atoms with E-state index in [1.54, 1.807) is 0 Å². The number of ketones is 1. The van der Waals surface area contributed by atoms with Gasteiger partial charge in [-0.05, 0) is 38.4 Å². The standard InChI is InChI=1S/C22H40N2O7S.2H2/c1-3-32-20-7-5-19(6-8-20)31-22(27)24-11-13-29-15-17-30-16-14-28-12-10-23-21(26)9-4-18(2)25;;/h19-20H,3-17H2,1-2H3,(H,23,26)(H,24,27);2*1H. The van der Waals surface area contributed by atoms with Crippen molar-refractivity contribution < 1.29 is 36.2 Å². The molecule has 0 aliphatic heterocycles. The predicted octanol–water partition coefficient (Wildman–Crippen LogP) is 2.80. The van der Waals surface area contributed by atoms with Gasteiger partial charge in [0, 0.05) is 34.0 Å². The fraction of sp³-hybridized carbons (Fsp3) is 0.864. The number of carbonyl (C=O) groups is 3. The highest BCUT2D eigenvalue weighted by molar-refractivity contribution is 7.99. The third-order valence-corrected chi connectivity index (χ3v) is 6.11. The molecule has 190 valence electrons. The smallest absolute Gasteiger partial charge is 0.407 e. The normalized spacial score (nSPS) is 18.2. The van der Waals surface area contributed by atoms with Crippen molar-refractivity contribution in [2.75, 3.05) is 58.5 Å². The summed E-state index contributed by atoms with van der Waals surface area (Å²) in [6.45, 7) is 6.99. The van der Waals surface area contributed by atoms with Gasteiger partial charge in [0.05, 0.1) is 39.6 Å². The van der Waals surface area contributed by atoms with Gasteiger partial charge in [-0.2, -0.15) is 11.8 Å². The first kappa shape index (κ1) is 28.7. The third kappa shape index (κ3) is 16.3. The molecule has 0 atom stereocenters. The van der Waals surface area contributed by atoms with Crippen molar-refractivity contribution in [1.29, 1.82) is 0 Å². The number of hydrogen-bond acceptors (Lipinski definition) is 8. The SMILES string of the molecule is CCSC1CCC(OC(=O)NCCOCCOCCOCCNC(=O)CCC(C)=O)CC1.[HH].[HH]. The van der Waals surface area contributed by atoms with E-state index >= 15 is 0 Å². The molecule has 10 heteroatoms. The van der Waals surface area contributed by atoms with Gasteiger partial charge in [-0.15, -0.1) is 0 Å². The summed E-state index contributed by atoms with van der Waals surface area (Å²) in [4.78, 5) is 34.0. The quantitative estimate of drug-likeness (QED) is 0.288. The van der Waals surface area contributed by atoms with Gasteiger partial charge < -0.3 is 34.4 Å². The van der Waals surface area contributed by atoms with Crippen molar-refractivity contribution in [1.82, 2.24) is 10.6 Å². The molecule has 0 heterocycles. The maximum absolute atomic E-state index is 11.8. The van der Waals surface area contributed by atoms with Gasteiger partial charge in [0.15, 0.2) is 0 Å². The molecule has 9 nitrogen and oxygen atoms in total. The van der Waals surface area contributed by atoms with Crippen LogP contribution in [0.4, 0.5) is 4.79 Å². The van der Waals surface area contributed by atoms with E-state index in [4.69, 9.17) is 18.9 Å². The van der Waals surface area contributed by atoms with Gasteiger partial charge in [0.2, 0.25) is 5.91 Å². The van der Waals surface area contributed by atoms with Crippen molar-refractivity contribution in [3.05, 3.63) is 0 Å². The van der Waals surface area contributed by atoms with E-state index < -0.39 is 0 Å². The molecule has 1 rings (SSSR count). The lowest BCUT2D eigenvalue weighted by molar-refractivity contribution is -0.124. The van der Waals surface area contributed by atoms with Crippen molar-refractivity contribution >= 4 is 29.5 Å². The molecule has 0 radical (unpaired) electrons. The number of Topliss-reactive ketones (excluding diaryl/α,β-unsaturated/α-hetero) is 1. The molecule has 32 heavy (non-hydrogen) atoms. The molecule has 0 aromatic rings. The summed E-state index contributed by atoms with van der Waals surface area (Å²) in [7, 11) is 0. The zero-order valence-corrected chi connectivity index (χ0v) is 20.3. The minimum atomic E-state index is -0.372. The van der Waals surface area contributed by atoms with Gasteiger partial charge in [-0.3, -0.25) is 4.79 Å². The highest BCUT2D eigenvalue weighted by Gasteiger charge is 2.23. The first-order valence-corrected chi connectivity index (χ1v) is 12.6. The zero-order chi connectivity index (χ0) is 23.4. The van der Waals surface area contributed by atoms with Crippen LogP contribution in [0.5, 0.6) is 0 Å². The van der Waals surface area contributed by atoms with Crippen molar-refractivity contribution in [2.24, 2.45) is 0 Å². The maximum Gasteiger partial charge on any atom is 0.407 e. The Labute approximate surface area is 199 Å². The molecule has 0 spiro atoms. The third-order valence-electron chi connectivity index (χ3n) is 4.83. The first-order chi connectivity index (χ1) is 15.5. The maximum atomic E-state index is 11.8. The largest absolute Gasteiger partial charge is 0.446 e. The number of carbonyl (C=O) groups excluding carboxylic acids is 3. The van der Waals surface area contributed by atoms with Gasteiger partial charge in [-0.1, -0.05) is 6.92 Å². The zero-order valence-electron chi connectivity index (χ0n) is 19.5. The lowest BCUT2D eigenvalue weighted by atomic mass is 9.97. The van der Waals surface area contributed by atoms with Crippen LogP contribution in [0, 0.1) is 0 Å². The average Bonchev–Trinajstić information content (AvgIpc) is 2.77. The highest BCUT2D eigenvalue weighted by atomic mass is 32.2. The van der Waals surface area contributed by atoms with Crippen LogP contribution in [-0.4, -0.2) is 87.6 Å². The van der Waals surface area contributed by atoms with Crippen LogP contribution in [0.3, 0.4) is 0 Å². The van der Waals surface area contributed by atoms with Crippen molar-refractivity contribution in [3.8, 4) is 0 Å². The van der Waals surface area contributed by atoms with Crippen LogP contribution >= 0.6 is 11.8 Å². The second-order valence-electron chi connectivity index (χ2n) is 7.58. The van der Waals surface area contributed by atoms with E-state index in [0.29, 0.717) is 58.0 Å². The van der Waals surface area contributed by atoms with Crippen LogP contribution in [0.2, 0.25) is 0 Å². The van der Waals surface area contributed by atoms with Crippen LogP contribution in [0.1, 0.15) is 55.2 Å². The molecule has 0 aromatic heterocycles. The van der Waals surface area contributed by atoms with E-state index in [2.05, 4.69) is 17.6 Å². The second-order valence-corrected chi connectivity index (χ2v) is 9.15. The Kier molecular flexibility index (Phi) is 17.2. The number of thioether (sulfide) groups is 1. The van der Waals surface area contributed by atoms with E-state index in [1.807, 2.05) is 11.8 Å². The fourth-order valence-electron chi connectivity index (χ4n) is 3.15. The minimum Gasteiger partial charge on any atom is -0.446 e. The van der Waals surface area contributed by atoms with Gasteiger partial charge >= 0.3 is 6.09 Å². The summed E-state index contributed by atoms with van der Waals surface area (Å²) in [5.74, 6) is 1.00. The van der Waals surface area contributed by atoms with E-state index in [-0.39, 0.29) is 39.6 Å². The minimum absolute atomic E-state index is 0. The Balaban J connectivity index is 0. The summed E-state index contributed by atoms with van der Waals surface area (Å²) in [6.07, 6.45) is 4.26. The Hall–Kier alpha value is -1.36. The first-order valence-electron chi connectivity index (χ1n) is 11.6. The van der Waals surface area contributed by atoms with Crippen molar-refractivity contribution in [3.63, 3.8) is 0 Å².